The largest absolute Gasteiger partial charge is 0.455 e. The average molecular weight is 295 g/mol. The van der Waals surface area contributed by atoms with Crippen LogP contribution in [0.1, 0.15) is 21.7 Å². The van der Waals surface area contributed by atoms with Gasteiger partial charge in [0, 0.05) is 5.56 Å². The van der Waals surface area contributed by atoms with E-state index in [9.17, 15) is 4.79 Å². The van der Waals surface area contributed by atoms with Gasteiger partial charge in [-0.2, -0.15) is 0 Å². The molecular formula is C13H11BrO3. The van der Waals surface area contributed by atoms with Gasteiger partial charge >= 0.3 is 5.97 Å². The number of hydrogen-bond acceptors (Lipinski definition) is 3. The summed E-state index contributed by atoms with van der Waals surface area (Å²) < 4.78 is 10.9. The zero-order chi connectivity index (χ0) is 12.3. The second kappa shape index (κ2) is 5.19. The van der Waals surface area contributed by atoms with Crippen molar-refractivity contribution in [3.63, 3.8) is 0 Å². The lowest BCUT2D eigenvalue weighted by atomic mass is 10.2. The predicted molar refractivity (Wildman–Crippen MR) is 66.7 cm³/mol. The fourth-order valence-corrected chi connectivity index (χ4v) is 1.94. The smallest absolute Gasteiger partial charge is 0.374 e. The quantitative estimate of drug-likeness (QED) is 0.810. The van der Waals surface area contributed by atoms with Crippen LogP contribution >= 0.6 is 15.9 Å². The summed E-state index contributed by atoms with van der Waals surface area (Å²) in [5.41, 5.74) is 1.71. The molecule has 1 aromatic heterocycles. The highest BCUT2D eigenvalue weighted by molar-refractivity contribution is 9.10. The van der Waals surface area contributed by atoms with Crippen molar-refractivity contribution in [1.29, 1.82) is 0 Å². The van der Waals surface area contributed by atoms with Crippen molar-refractivity contribution in [2.45, 2.75) is 13.5 Å². The van der Waals surface area contributed by atoms with Crippen LogP contribution in [0.15, 0.2) is 45.5 Å². The molecule has 0 saturated heterocycles. The van der Waals surface area contributed by atoms with Crippen LogP contribution in [0.2, 0.25) is 0 Å². The third-order valence-electron chi connectivity index (χ3n) is 2.29. The van der Waals surface area contributed by atoms with E-state index in [-0.39, 0.29) is 12.4 Å². The summed E-state index contributed by atoms with van der Waals surface area (Å²) in [5.74, 6) is -0.204. The minimum absolute atomic E-state index is 0.243. The summed E-state index contributed by atoms with van der Waals surface area (Å²) in [6.07, 6.45) is 0. The van der Waals surface area contributed by atoms with E-state index in [1.165, 1.54) is 0 Å². The summed E-state index contributed by atoms with van der Waals surface area (Å²) in [7, 11) is 0. The maximum atomic E-state index is 11.7. The number of esters is 1. The summed E-state index contributed by atoms with van der Waals surface area (Å²) in [6, 6.07) is 11.3. The van der Waals surface area contributed by atoms with Crippen molar-refractivity contribution in [2.24, 2.45) is 0 Å². The Bertz CT molecular complexity index is 517. The molecule has 2 rings (SSSR count). The molecule has 0 bridgehead atoms. The van der Waals surface area contributed by atoms with E-state index >= 15 is 0 Å². The molecule has 1 aromatic carbocycles. The van der Waals surface area contributed by atoms with E-state index in [4.69, 9.17) is 9.15 Å². The van der Waals surface area contributed by atoms with Gasteiger partial charge in [0.05, 0.1) is 0 Å². The van der Waals surface area contributed by atoms with E-state index in [0.29, 0.717) is 4.67 Å². The number of hydrogen-bond donors (Lipinski definition) is 0. The van der Waals surface area contributed by atoms with Crippen LogP contribution in [0.4, 0.5) is 0 Å². The van der Waals surface area contributed by atoms with Gasteiger partial charge in [0.15, 0.2) is 4.67 Å². The van der Waals surface area contributed by atoms with E-state index in [1.807, 2.05) is 30.3 Å². The second-order valence-corrected chi connectivity index (χ2v) is 4.41. The highest BCUT2D eigenvalue weighted by Gasteiger charge is 2.16. The van der Waals surface area contributed by atoms with Gasteiger partial charge < -0.3 is 9.15 Å². The first-order chi connectivity index (χ1) is 8.16. The highest BCUT2D eigenvalue weighted by atomic mass is 79.9. The third-order valence-corrected chi connectivity index (χ3v) is 2.68. The van der Waals surface area contributed by atoms with Gasteiger partial charge in [-0.1, -0.05) is 30.3 Å². The van der Waals surface area contributed by atoms with Crippen molar-refractivity contribution in [2.75, 3.05) is 0 Å². The number of furan rings is 1. The molecule has 1 heterocycles. The maximum Gasteiger partial charge on any atom is 0.374 e. The van der Waals surface area contributed by atoms with Gasteiger partial charge in [0.1, 0.15) is 6.61 Å². The number of benzene rings is 1. The zero-order valence-electron chi connectivity index (χ0n) is 9.27. The number of halogens is 1. The minimum Gasteiger partial charge on any atom is -0.455 e. The van der Waals surface area contributed by atoms with Crippen molar-refractivity contribution in [1.82, 2.24) is 0 Å². The molecule has 0 aliphatic carbocycles. The number of ether oxygens (including phenoxy) is 1. The Balaban J connectivity index is 2.01. The molecule has 0 aliphatic heterocycles. The molecule has 88 valence electrons. The Morgan fingerprint density at radius 2 is 2.06 bits per heavy atom. The zero-order valence-corrected chi connectivity index (χ0v) is 10.9. The van der Waals surface area contributed by atoms with Gasteiger partial charge in [-0.25, -0.2) is 4.79 Å². The lowest BCUT2D eigenvalue weighted by molar-refractivity contribution is 0.0433. The van der Waals surface area contributed by atoms with Gasteiger partial charge in [0.2, 0.25) is 5.76 Å². The van der Waals surface area contributed by atoms with Crippen LogP contribution in [0.5, 0.6) is 0 Å². The molecule has 0 aliphatic rings. The summed E-state index contributed by atoms with van der Waals surface area (Å²) in [5, 5.41) is 0. The molecule has 17 heavy (non-hydrogen) atoms. The van der Waals surface area contributed by atoms with Crippen LogP contribution in [-0.2, 0) is 11.3 Å². The van der Waals surface area contributed by atoms with Gasteiger partial charge in [0.25, 0.3) is 0 Å². The predicted octanol–water partition coefficient (Wildman–Crippen LogP) is 3.71. The average Bonchev–Trinajstić information content (AvgIpc) is 2.67. The van der Waals surface area contributed by atoms with E-state index < -0.39 is 5.97 Å². The second-order valence-electron chi connectivity index (χ2n) is 3.62. The number of rotatable bonds is 3. The molecule has 0 spiro atoms. The first-order valence-electron chi connectivity index (χ1n) is 5.14. The topological polar surface area (TPSA) is 39.4 Å². The molecule has 0 fully saturated rings. The first-order valence-corrected chi connectivity index (χ1v) is 5.93. The van der Waals surface area contributed by atoms with Crippen LogP contribution in [0.25, 0.3) is 0 Å². The van der Waals surface area contributed by atoms with Crippen LogP contribution in [0.3, 0.4) is 0 Å². The monoisotopic (exact) mass is 294 g/mol. The standard InChI is InChI=1S/C13H11BrO3/c1-9-7-11(14)17-12(9)13(15)16-8-10-5-3-2-4-6-10/h2-7H,8H2,1H3. The van der Waals surface area contributed by atoms with E-state index in [1.54, 1.807) is 13.0 Å². The lowest BCUT2D eigenvalue weighted by Crippen LogP contribution is -2.05. The fraction of sp³-hybridized carbons (Fsp3) is 0.154. The molecule has 0 amide bonds. The van der Waals surface area contributed by atoms with Crippen molar-refractivity contribution in [3.8, 4) is 0 Å². The Kier molecular flexibility index (Phi) is 3.64. The molecule has 3 nitrogen and oxygen atoms in total. The van der Waals surface area contributed by atoms with Crippen molar-refractivity contribution in [3.05, 3.63) is 58.0 Å². The van der Waals surface area contributed by atoms with Crippen LogP contribution in [0, 0.1) is 6.92 Å². The number of carbonyl (C=O) groups excluding carboxylic acids is 1. The Hall–Kier alpha value is -1.55. The van der Waals surface area contributed by atoms with Crippen molar-refractivity contribution >= 4 is 21.9 Å². The Morgan fingerprint density at radius 3 is 2.65 bits per heavy atom. The van der Waals surface area contributed by atoms with Gasteiger partial charge in [-0.3, -0.25) is 0 Å². The first kappa shape index (κ1) is 11.9. The third kappa shape index (κ3) is 2.97. The van der Waals surface area contributed by atoms with Crippen LogP contribution in [-0.4, -0.2) is 5.97 Å². The molecule has 0 atom stereocenters. The molecule has 0 unspecified atom stereocenters. The Labute approximate surface area is 108 Å². The normalized spacial score (nSPS) is 10.2. The molecule has 0 radical (unpaired) electrons. The van der Waals surface area contributed by atoms with Gasteiger partial charge in [-0.05, 0) is 34.5 Å². The molecule has 0 N–H and O–H groups in total. The van der Waals surface area contributed by atoms with E-state index in [2.05, 4.69) is 15.9 Å². The van der Waals surface area contributed by atoms with Gasteiger partial charge in [-0.15, -0.1) is 0 Å². The minimum atomic E-state index is -0.447. The summed E-state index contributed by atoms with van der Waals surface area (Å²) in [4.78, 5) is 11.7. The summed E-state index contributed by atoms with van der Waals surface area (Å²) >= 11 is 3.17. The van der Waals surface area contributed by atoms with Crippen molar-refractivity contribution < 1.29 is 13.9 Å². The molecule has 0 saturated carbocycles. The lowest BCUT2D eigenvalue weighted by Gasteiger charge is -2.03. The van der Waals surface area contributed by atoms with Crippen LogP contribution < -0.4 is 0 Å². The SMILES string of the molecule is Cc1cc(Br)oc1C(=O)OCc1ccccc1. The number of aryl methyl sites for hydroxylation is 1. The Morgan fingerprint density at radius 1 is 1.35 bits per heavy atom. The summed E-state index contributed by atoms with van der Waals surface area (Å²) in [6.45, 7) is 2.05. The van der Waals surface area contributed by atoms with E-state index in [0.717, 1.165) is 11.1 Å². The number of carbonyl (C=O) groups is 1. The highest BCUT2D eigenvalue weighted by Crippen LogP contribution is 2.20. The fourth-order valence-electron chi connectivity index (χ4n) is 1.43. The maximum absolute atomic E-state index is 11.7. The molecular weight excluding hydrogens is 284 g/mol. The molecule has 4 heteroatoms. The molecule has 2 aromatic rings.